The molecule has 0 saturated carbocycles. The molecule has 4 nitrogen and oxygen atoms in total. The van der Waals surface area contributed by atoms with Crippen LogP contribution in [-0.2, 0) is 9.53 Å². The van der Waals surface area contributed by atoms with Gasteiger partial charge in [-0.25, -0.2) is 4.79 Å². The second-order valence-corrected chi connectivity index (χ2v) is 4.53. The van der Waals surface area contributed by atoms with E-state index in [9.17, 15) is 4.79 Å². The van der Waals surface area contributed by atoms with Crippen LogP contribution in [0.3, 0.4) is 0 Å². The van der Waals surface area contributed by atoms with E-state index in [0.29, 0.717) is 12.4 Å². The summed E-state index contributed by atoms with van der Waals surface area (Å²) in [5.41, 5.74) is 0. The van der Waals surface area contributed by atoms with E-state index in [4.69, 9.17) is 9.84 Å². The molecule has 0 aromatic heterocycles. The summed E-state index contributed by atoms with van der Waals surface area (Å²) in [6.07, 6.45) is -0.660. The Kier molecular flexibility index (Phi) is 9.77. The third-order valence-electron chi connectivity index (χ3n) is 2.36. The van der Waals surface area contributed by atoms with Crippen molar-refractivity contribution in [2.75, 3.05) is 37.7 Å². The highest BCUT2D eigenvalue weighted by molar-refractivity contribution is 7.99. The zero-order valence-electron chi connectivity index (χ0n) is 10.4. The van der Waals surface area contributed by atoms with Crippen LogP contribution in [-0.4, -0.2) is 59.8 Å². The van der Waals surface area contributed by atoms with E-state index < -0.39 is 12.1 Å². The largest absolute Gasteiger partial charge is 0.479 e. The molecule has 0 rings (SSSR count). The molecule has 0 spiro atoms. The van der Waals surface area contributed by atoms with Crippen LogP contribution < -0.4 is 0 Å². The minimum absolute atomic E-state index is 0.452. The lowest BCUT2D eigenvalue weighted by Gasteiger charge is -2.18. The quantitative estimate of drug-likeness (QED) is 0.595. The molecule has 16 heavy (non-hydrogen) atoms. The maximum atomic E-state index is 10.8. The Labute approximate surface area is 102 Å². The van der Waals surface area contributed by atoms with Crippen molar-refractivity contribution >= 4 is 17.7 Å². The van der Waals surface area contributed by atoms with E-state index in [1.165, 1.54) is 0 Å². The molecule has 0 fully saturated rings. The molecule has 1 unspecified atom stereocenters. The second-order valence-electron chi connectivity index (χ2n) is 3.38. The highest BCUT2D eigenvalue weighted by Gasteiger charge is 2.16. The summed E-state index contributed by atoms with van der Waals surface area (Å²) in [6, 6.07) is 0. The molecule has 0 aromatic carbocycles. The van der Waals surface area contributed by atoms with E-state index >= 15 is 0 Å². The van der Waals surface area contributed by atoms with Crippen LogP contribution in [0.1, 0.15) is 20.8 Å². The van der Waals surface area contributed by atoms with E-state index in [0.717, 1.165) is 25.4 Å². The molecule has 0 radical (unpaired) electrons. The first-order chi connectivity index (χ1) is 7.65. The number of hydrogen-bond acceptors (Lipinski definition) is 4. The number of carboxylic acids is 1. The van der Waals surface area contributed by atoms with Gasteiger partial charge in [-0.1, -0.05) is 13.8 Å². The van der Waals surface area contributed by atoms with Crippen molar-refractivity contribution in [3.8, 4) is 0 Å². The van der Waals surface area contributed by atoms with Crippen LogP contribution in [0, 0.1) is 0 Å². The fourth-order valence-corrected chi connectivity index (χ4v) is 2.32. The summed E-state index contributed by atoms with van der Waals surface area (Å²) in [4.78, 5) is 13.1. The van der Waals surface area contributed by atoms with Gasteiger partial charge >= 0.3 is 5.97 Å². The lowest BCUT2D eigenvalue weighted by atomic mass is 10.4. The van der Waals surface area contributed by atoms with Crippen LogP contribution in [0.25, 0.3) is 0 Å². The van der Waals surface area contributed by atoms with Crippen molar-refractivity contribution in [1.82, 2.24) is 4.90 Å². The fraction of sp³-hybridized carbons (Fsp3) is 0.909. The number of hydrogen-bond donors (Lipinski definition) is 1. The molecule has 5 heteroatoms. The summed E-state index contributed by atoms with van der Waals surface area (Å²) in [5.74, 6) is 0.625. The highest BCUT2D eigenvalue weighted by Crippen LogP contribution is 2.07. The SMILES string of the molecule is CCOC(CSCCN(CC)CC)C(=O)O. The third kappa shape index (κ3) is 7.09. The van der Waals surface area contributed by atoms with Crippen molar-refractivity contribution in [3.05, 3.63) is 0 Å². The van der Waals surface area contributed by atoms with Gasteiger partial charge in [0.05, 0.1) is 0 Å². The number of nitrogens with zero attached hydrogens (tertiary/aromatic N) is 1. The summed E-state index contributed by atoms with van der Waals surface area (Å²) >= 11 is 1.64. The molecule has 0 bridgehead atoms. The van der Waals surface area contributed by atoms with E-state index in [-0.39, 0.29) is 0 Å². The maximum absolute atomic E-state index is 10.8. The van der Waals surface area contributed by atoms with Crippen molar-refractivity contribution in [2.45, 2.75) is 26.9 Å². The number of carboxylic acid groups (broad SMARTS) is 1. The molecule has 0 heterocycles. The van der Waals surface area contributed by atoms with Gasteiger partial charge in [-0.15, -0.1) is 0 Å². The molecular formula is C11H23NO3S. The minimum Gasteiger partial charge on any atom is -0.479 e. The molecule has 0 aliphatic carbocycles. The Morgan fingerprint density at radius 3 is 2.44 bits per heavy atom. The molecule has 0 amide bonds. The van der Waals surface area contributed by atoms with E-state index in [1.807, 2.05) is 6.92 Å². The van der Waals surface area contributed by atoms with E-state index in [1.54, 1.807) is 11.8 Å². The smallest absolute Gasteiger partial charge is 0.333 e. The van der Waals surface area contributed by atoms with Gasteiger partial charge in [0.2, 0.25) is 0 Å². The van der Waals surface area contributed by atoms with E-state index in [2.05, 4.69) is 18.7 Å². The standard InChI is InChI=1S/C11H23NO3S/c1-4-12(5-2)7-8-16-9-10(11(13)14)15-6-3/h10H,4-9H2,1-3H3,(H,13,14). The lowest BCUT2D eigenvalue weighted by molar-refractivity contribution is -0.148. The fourth-order valence-electron chi connectivity index (χ4n) is 1.32. The maximum Gasteiger partial charge on any atom is 0.333 e. The zero-order chi connectivity index (χ0) is 12.4. The Morgan fingerprint density at radius 1 is 1.38 bits per heavy atom. The van der Waals surface area contributed by atoms with Crippen molar-refractivity contribution in [2.24, 2.45) is 0 Å². The van der Waals surface area contributed by atoms with Gasteiger partial charge in [0.25, 0.3) is 0 Å². The highest BCUT2D eigenvalue weighted by atomic mass is 32.2. The van der Waals surface area contributed by atoms with Gasteiger partial charge in [-0.2, -0.15) is 11.8 Å². The van der Waals surface area contributed by atoms with Crippen molar-refractivity contribution in [3.63, 3.8) is 0 Å². The Balaban J connectivity index is 3.65. The predicted molar refractivity (Wildman–Crippen MR) is 68.2 cm³/mol. The van der Waals surface area contributed by atoms with Crippen LogP contribution in [0.5, 0.6) is 0 Å². The number of aliphatic carboxylic acids is 1. The monoisotopic (exact) mass is 249 g/mol. The molecule has 0 aliphatic rings. The van der Waals surface area contributed by atoms with Crippen LogP contribution in [0.4, 0.5) is 0 Å². The van der Waals surface area contributed by atoms with Gasteiger partial charge < -0.3 is 14.7 Å². The number of ether oxygens (including phenoxy) is 1. The minimum atomic E-state index is -0.864. The molecular weight excluding hydrogens is 226 g/mol. The lowest BCUT2D eigenvalue weighted by Crippen LogP contribution is -2.28. The first-order valence-corrected chi connectivity index (χ1v) is 6.95. The average Bonchev–Trinajstić information content (AvgIpc) is 2.27. The summed E-state index contributed by atoms with van der Waals surface area (Å²) in [7, 11) is 0. The van der Waals surface area contributed by atoms with Crippen molar-refractivity contribution in [1.29, 1.82) is 0 Å². The van der Waals surface area contributed by atoms with Gasteiger partial charge in [-0.3, -0.25) is 0 Å². The topological polar surface area (TPSA) is 49.8 Å². The molecule has 0 aliphatic heterocycles. The predicted octanol–water partition coefficient (Wildman–Crippen LogP) is 1.55. The van der Waals surface area contributed by atoms with Crippen LogP contribution in [0.15, 0.2) is 0 Å². The first kappa shape index (κ1) is 15.7. The van der Waals surface area contributed by atoms with Gasteiger partial charge in [0.1, 0.15) is 0 Å². The third-order valence-corrected chi connectivity index (χ3v) is 3.37. The van der Waals surface area contributed by atoms with Gasteiger partial charge in [0, 0.05) is 24.7 Å². The molecule has 0 aromatic rings. The second kappa shape index (κ2) is 9.93. The van der Waals surface area contributed by atoms with Crippen LogP contribution in [0.2, 0.25) is 0 Å². The Hall–Kier alpha value is -0.260. The molecule has 1 N–H and O–H groups in total. The average molecular weight is 249 g/mol. The van der Waals surface area contributed by atoms with Crippen LogP contribution >= 0.6 is 11.8 Å². The zero-order valence-corrected chi connectivity index (χ0v) is 11.3. The Bertz CT molecular complexity index is 186. The normalized spacial score (nSPS) is 13.0. The number of carbonyl (C=O) groups is 1. The summed E-state index contributed by atoms with van der Waals surface area (Å²) in [6.45, 7) is 9.64. The summed E-state index contributed by atoms with van der Waals surface area (Å²) < 4.78 is 5.13. The van der Waals surface area contributed by atoms with Gasteiger partial charge in [0.15, 0.2) is 6.10 Å². The number of thioether (sulfide) groups is 1. The molecule has 96 valence electrons. The molecule has 0 saturated heterocycles. The number of rotatable bonds is 10. The van der Waals surface area contributed by atoms with Gasteiger partial charge in [-0.05, 0) is 20.0 Å². The van der Waals surface area contributed by atoms with Crippen molar-refractivity contribution < 1.29 is 14.6 Å². The summed E-state index contributed by atoms with van der Waals surface area (Å²) in [5, 5.41) is 8.86. The first-order valence-electron chi connectivity index (χ1n) is 5.80. The Morgan fingerprint density at radius 2 is 2.00 bits per heavy atom. The molecule has 1 atom stereocenters.